The zero-order valence-corrected chi connectivity index (χ0v) is 11.3. The molecule has 0 aromatic carbocycles. The Bertz CT molecular complexity index is 630. The molecule has 2 rings (SSSR count). The van der Waals surface area contributed by atoms with Crippen molar-refractivity contribution in [1.82, 2.24) is 14.8 Å². The normalized spacial score (nSPS) is 11.9. The molecule has 0 saturated carbocycles. The van der Waals surface area contributed by atoms with E-state index in [9.17, 15) is 18.0 Å². The number of nitrogens with one attached hydrogen (secondary N) is 1. The second-order valence-electron chi connectivity index (χ2n) is 4.70. The molecule has 9 heteroatoms. The van der Waals surface area contributed by atoms with Crippen LogP contribution in [0.3, 0.4) is 0 Å². The average molecular weight is 302 g/mol. The Morgan fingerprint density at radius 2 is 2.19 bits per heavy atom. The highest BCUT2D eigenvalue weighted by Gasteiger charge is 2.28. The van der Waals surface area contributed by atoms with Crippen molar-refractivity contribution >= 4 is 11.9 Å². The third-order valence-corrected chi connectivity index (χ3v) is 2.55. The van der Waals surface area contributed by atoms with Crippen molar-refractivity contribution in [2.45, 2.75) is 32.5 Å². The Labute approximate surface area is 118 Å². The van der Waals surface area contributed by atoms with Gasteiger partial charge in [-0.3, -0.25) is 14.8 Å². The number of anilines is 1. The fraction of sp³-hybridized carbons (Fsp3) is 0.417. The van der Waals surface area contributed by atoms with Crippen molar-refractivity contribution in [3.05, 3.63) is 29.9 Å². The van der Waals surface area contributed by atoms with E-state index in [-0.39, 0.29) is 17.6 Å². The molecule has 1 amide bonds. The molecule has 2 heterocycles. The number of carbonyl (C=O) groups is 1. The minimum Gasteiger partial charge on any atom is -0.432 e. The second kappa shape index (κ2) is 5.58. The fourth-order valence-corrected chi connectivity index (χ4v) is 1.52. The highest BCUT2D eigenvalue weighted by molar-refractivity contribution is 6.01. The van der Waals surface area contributed by atoms with Gasteiger partial charge in [-0.1, -0.05) is 13.8 Å². The first-order chi connectivity index (χ1) is 9.74. The Balaban J connectivity index is 2.03. The number of hydrogen-bond acceptors (Lipinski definition) is 4. The summed E-state index contributed by atoms with van der Waals surface area (Å²) in [6.07, 6.45) is -1.91. The predicted molar refractivity (Wildman–Crippen MR) is 66.8 cm³/mol. The molecule has 1 N–H and O–H groups in total. The van der Waals surface area contributed by atoms with E-state index >= 15 is 0 Å². The smallest absolute Gasteiger partial charge is 0.408 e. The van der Waals surface area contributed by atoms with Crippen molar-refractivity contribution in [2.24, 2.45) is 0 Å². The summed E-state index contributed by atoms with van der Waals surface area (Å²) < 4.78 is 42.3. The van der Waals surface area contributed by atoms with Crippen LogP contribution in [0.4, 0.5) is 19.2 Å². The zero-order valence-electron chi connectivity index (χ0n) is 11.3. The van der Waals surface area contributed by atoms with E-state index in [1.54, 1.807) is 0 Å². The lowest BCUT2D eigenvalue weighted by molar-refractivity contribution is -0.142. The Morgan fingerprint density at radius 1 is 1.48 bits per heavy atom. The lowest BCUT2D eigenvalue weighted by Crippen LogP contribution is -2.19. The molecule has 2 aromatic heterocycles. The molecule has 0 bridgehead atoms. The summed E-state index contributed by atoms with van der Waals surface area (Å²) in [5.74, 6) is -0.557. The summed E-state index contributed by atoms with van der Waals surface area (Å²) in [5, 5.41) is 5.88. The van der Waals surface area contributed by atoms with Gasteiger partial charge in [0.05, 0.1) is 5.69 Å². The van der Waals surface area contributed by atoms with Crippen molar-refractivity contribution in [3.8, 4) is 0 Å². The summed E-state index contributed by atoms with van der Waals surface area (Å²) in [7, 11) is 0. The van der Waals surface area contributed by atoms with Crippen LogP contribution in [0.1, 0.15) is 35.9 Å². The lowest BCUT2D eigenvalue weighted by Gasteiger charge is -2.05. The molecule has 0 fully saturated rings. The SMILES string of the molecule is CC(C)c1coc(NC(=O)c2ccn(CC(F)(F)F)n2)n1. The van der Waals surface area contributed by atoms with Crippen molar-refractivity contribution in [2.75, 3.05) is 5.32 Å². The van der Waals surface area contributed by atoms with Crippen LogP contribution >= 0.6 is 0 Å². The number of carbonyl (C=O) groups excluding carboxylic acids is 1. The molecule has 2 aromatic rings. The molecule has 6 nitrogen and oxygen atoms in total. The van der Waals surface area contributed by atoms with Crippen molar-refractivity contribution in [1.29, 1.82) is 0 Å². The van der Waals surface area contributed by atoms with E-state index in [2.05, 4.69) is 15.4 Å². The van der Waals surface area contributed by atoms with Gasteiger partial charge in [0, 0.05) is 6.20 Å². The summed E-state index contributed by atoms with van der Waals surface area (Å²) in [6.45, 7) is 2.56. The van der Waals surface area contributed by atoms with E-state index in [0.717, 1.165) is 6.20 Å². The van der Waals surface area contributed by atoms with E-state index in [0.29, 0.717) is 10.4 Å². The number of rotatable bonds is 4. The largest absolute Gasteiger partial charge is 0.432 e. The summed E-state index contributed by atoms with van der Waals surface area (Å²) in [4.78, 5) is 15.8. The van der Waals surface area contributed by atoms with Gasteiger partial charge in [0.2, 0.25) is 0 Å². The minimum atomic E-state index is -4.39. The van der Waals surface area contributed by atoms with E-state index in [1.165, 1.54) is 12.3 Å². The van der Waals surface area contributed by atoms with Gasteiger partial charge in [-0.15, -0.1) is 0 Å². The van der Waals surface area contributed by atoms with Crippen molar-refractivity contribution in [3.63, 3.8) is 0 Å². The topological polar surface area (TPSA) is 73.0 Å². The van der Waals surface area contributed by atoms with Crippen LogP contribution in [-0.2, 0) is 6.54 Å². The Kier molecular flexibility index (Phi) is 4.01. The second-order valence-corrected chi connectivity index (χ2v) is 4.70. The maximum absolute atomic E-state index is 12.2. The van der Waals surface area contributed by atoms with Crippen LogP contribution in [0.5, 0.6) is 0 Å². The first kappa shape index (κ1) is 15.1. The number of halogens is 3. The van der Waals surface area contributed by atoms with Gasteiger partial charge in [-0.25, -0.2) is 0 Å². The van der Waals surface area contributed by atoms with Crippen LogP contribution in [-0.4, -0.2) is 26.8 Å². The summed E-state index contributed by atoms with van der Waals surface area (Å²) in [6, 6.07) is 1.17. The highest BCUT2D eigenvalue weighted by atomic mass is 19.4. The van der Waals surface area contributed by atoms with Crippen LogP contribution < -0.4 is 5.32 Å². The Hall–Kier alpha value is -2.32. The molecule has 0 radical (unpaired) electrons. The average Bonchev–Trinajstić information content (AvgIpc) is 2.96. The molecule has 114 valence electrons. The molecule has 21 heavy (non-hydrogen) atoms. The predicted octanol–water partition coefficient (Wildman–Crippen LogP) is 2.81. The van der Waals surface area contributed by atoms with Crippen LogP contribution in [0.25, 0.3) is 0 Å². The third kappa shape index (κ3) is 4.07. The van der Waals surface area contributed by atoms with Crippen LogP contribution in [0, 0.1) is 0 Å². The van der Waals surface area contributed by atoms with Gasteiger partial charge in [0.25, 0.3) is 5.91 Å². The summed E-state index contributed by atoms with van der Waals surface area (Å²) >= 11 is 0. The van der Waals surface area contributed by atoms with E-state index in [1.807, 2.05) is 13.8 Å². The van der Waals surface area contributed by atoms with Crippen molar-refractivity contribution < 1.29 is 22.4 Å². The minimum absolute atomic E-state index is 0.0194. The van der Waals surface area contributed by atoms with E-state index < -0.39 is 18.6 Å². The molecular weight excluding hydrogens is 289 g/mol. The molecule has 0 atom stereocenters. The van der Waals surface area contributed by atoms with Gasteiger partial charge in [0.15, 0.2) is 5.69 Å². The van der Waals surface area contributed by atoms with Gasteiger partial charge in [-0.2, -0.15) is 23.3 Å². The molecule has 0 aliphatic rings. The molecule has 0 spiro atoms. The standard InChI is InChI=1S/C12H13F3N4O2/c1-7(2)9-5-21-11(16-9)17-10(20)8-3-4-19(18-8)6-12(13,14)15/h3-5,7H,6H2,1-2H3,(H,16,17,20). The van der Waals surface area contributed by atoms with Gasteiger partial charge in [0.1, 0.15) is 12.8 Å². The molecule has 0 aliphatic heterocycles. The quantitative estimate of drug-likeness (QED) is 0.942. The summed E-state index contributed by atoms with van der Waals surface area (Å²) in [5.41, 5.74) is 0.511. The number of alkyl halides is 3. The molecule has 0 saturated heterocycles. The Morgan fingerprint density at radius 3 is 2.76 bits per heavy atom. The fourth-order valence-electron chi connectivity index (χ4n) is 1.52. The molecule has 0 aliphatic carbocycles. The zero-order chi connectivity index (χ0) is 15.6. The first-order valence-electron chi connectivity index (χ1n) is 6.11. The number of oxazole rings is 1. The van der Waals surface area contributed by atoms with Gasteiger partial charge < -0.3 is 4.42 Å². The lowest BCUT2D eigenvalue weighted by atomic mass is 10.2. The number of aromatic nitrogens is 3. The monoisotopic (exact) mass is 302 g/mol. The maximum Gasteiger partial charge on any atom is 0.408 e. The number of nitrogens with zero attached hydrogens (tertiary/aromatic N) is 3. The highest BCUT2D eigenvalue weighted by Crippen LogP contribution is 2.18. The number of hydrogen-bond donors (Lipinski definition) is 1. The third-order valence-electron chi connectivity index (χ3n) is 2.55. The van der Waals surface area contributed by atoms with Crippen LogP contribution in [0.2, 0.25) is 0 Å². The van der Waals surface area contributed by atoms with Crippen LogP contribution in [0.15, 0.2) is 22.9 Å². The van der Waals surface area contributed by atoms with Gasteiger partial charge in [-0.05, 0) is 12.0 Å². The van der Waals surface area contributed by atoms with E-state index in [4.69, 9.17) is 4.42 Å². The maximum atomic E-state index is 12.2. The molecule has 0 unspecified atom stereocenters. The first-order valence-corrected chi connectivity index (χ1v) is 6.11. The number of amides is 1. The van der Waals surface area contributed by atoms with Gasteiger partial charge >= 0.3 is 12.2 Å². The molecular formula is C12H13F3N4O2.